The van der Waals surface area contributed by atoms with E-state index in [4.69, 9.17) is 0 Å². The molecule has 1 saturated carbocycles. The minimum absolute atomic E-state index is 1.07. The normalized spacial score (nSPS) is 31.8. The van der Waals surface area contributed by atoms with Crippen molar-refractivity contribution >= 4 is 0 Å². The van der Waals surface area contributed by atoms with E-state index >= 15 is 0 Å². The number of unbranched alkanes of at least 4 members (excludes halogenated alkanes) is 3. The van der Waals surface area contributed by atoms with Crippen molar-refractivity contribution in [3.05, 3.63) is 0 Å². The van der Waals surface area contributed by atoms with Crippen molar-refractivity contribution in [2.24, 2.45) is 11.8 Å². The van der Waals surface area contributed by atoms with E-state index in [1.165, 1.54) is 71.0 Å². The standard InChI is InChI=1S/C14H27N/c1-2-3-4-7-10-15-11-13-8-5-6-9-14(13)12-15/h13-14H,2-12H2,1H3. The fourth-order valence-electron chi connectivity index (χ4n) is 3.45. The monoisotopic (exact) mass is 209 g/mol. The SMILES string of the molecule is CCCCCCN1CC2CCCCC2C1. The summed E-state index contributed by atoms with van der Waals surface area (Å²) in [6, 6.07) is 0. The Morgan fingerprint density at radius 2 is 1.60 bits per heavy atom. The molecule has 1 nitrogen and oxygen atoms in total. The zero-order valence-corrected chi connectivity index (χ0v) is 10.4. The van der Waals surface area contributed by atoms with E-state index in [1.807, 2.05) is 0 Å². The number of rotatable bonds is 5. The number of fused-ring (bicyclic) bond motifs is 1. The van der Waals surface area contributed by atoms with Crippen LogP contribution in [0.25, 0.3) is 0 Å². The van der Waals surface area contributed by atoms with Crippen LogP contribution in [0.1, 0.15) is 58.3 Å². The van der Waals surface area contributed by atoms with Crippen molar-refractivity contribution in [3.63, 3.8) is 0 Å². The molecule has 0 aromatic rings. The van der Waals surface area contributed by atoms with Gasteiger partial charge in [-0.3, -0.25) is 0 Å². The van der Waals surface area contributed by atoms with Gasteiger partial charge in [-0.2, -0.15) is 0 Å². The van der Waals surface area contributed by atoms with Gasteiger partial charge in [0.1, 0.15) is 0 Å². The summed E-state index contributed by atoms with van der Waals surface area (Å²) in [7, 11) is 0. The molecule has 0 spiro atoms. The molecule has 2 unspecified atom stereocenters. The molecule has 1 aliphatic heterocycles. The Balaban J connectivity index is 1.63. The van der Waals surface area contributed by atoms with Crippen LogP contribution in [-0.4, -0.2) is 24.5 Å². The summed E-state index contributed by atoms with van der Waals surface area (Å²) in [5.74, 6) is 2.15. The lowest BCUT2D eigenvalue weighted by Gasteiger charge is -2.23. The molecule has 2 fully saturated rings. The molecule has 0 amide bonds. The Morgan fingerprint density at radius 1 is 0.933 bits per heavy atom. The smallest absolute Gasteiger partial charge is 0.00129 e. The molecule has 2 atom stereocenters. The molecule has 1 aliphatic carbocycles. The summed E-state index contributed by atoms with van der Waals surface area (Å²) in [6.07, 6.45) is 11.7. The molecule has 15 heavy (non-hydrogen) atoms. The lowest BCUT2D eigenvalue weighted by atomic mass is 9.82. The molecule has 0 N–H and O–H groups in total. The quantitative estimate of drug-likeness (QED) is 0.624. The number of hydrogen-bond acceptors (Lipinski definition) is 1. The van der Waals surface area contributed by atoms with Gasteiger partial charge in [0.15, 0.2) is 0 Å². The Bertz CT molecular complexity index is 164. The second-order valence-electron chi connectivity index (χ2n) is 5.62. The van der Waals surface area contributed by atoms with Crippen LogP contribution in [0.4, 0.5) is 0 Å². The summed E-state index contributed by atoms with van der Waals surface area (Å²) in [4.78, 5) is 2.75. The molecular weight excluding hydrogens is 182 g/mol. The molecule has 1 heteroatoms. The van der Waals surface area contributed by atoms with Gasteiger partial charge in [0.2, 0.25) is 0 Å². The van der Waals surface area contributed by atoms with Crippen LogP contribution in [0, 0.1) is 11.8 Å². The zero-order valence-electron chi connectivity index (χ0n) is 10.4. The third-order valence-electron chi connectivity index (χ3n) is 4.38. The van der Waals surface area contributed by atoms with Gasteiger partial charge >= 0.3 is 0 Å². The molecule has 2 rings (SSSR count). The Kier molecular flexibility index (Phi) is 4.49. The zero-order chi connectivity index (χ0) is 10.5. The molecule has 0 bridgehead atoms. The van der Waals surface area contributed by atoms with E-state index in [2.05, 4.69) is 11.8 Å². The van der Waals surface area contributed by atoms with Crippen LogP contribution in [0.2, 0.25) is 0 Å². The van der Waals surface area contributed by atoms with Gasteiger partial charge in [-0.25, -0.2) is 0 Å². The van der Waals surface area contributed by atoms with Crippen molar-refractivity contribution in [2.45, 2.75) is 58.3 Å². The van der Waals surface area contributed by atoms with Crippen LogP contribution in [0.3, 0.4) is 0 Å². The van der Waals surface area contributed by atoms with Gasteiger partial charge in [-0.15, -0.1) is 0 Å². The van der Waals surface area contributed by atoms with E-state index in [1.54, 1.807) is 0 Å². The first kappa shape index (κ1) is 11.4. The van der Waals surface area contributed by atoms with Crippen LogP contribution in [0.15, 0.2) is 0 Å². The highest BCUT2D eigenvalue weighted by molar-refractivity contribution is 4.86. The predicted octanol–water partition coefficient (Wildman–Crippen LogP) is 3.69. The van der Waals surface area contributed by atoms with E-state index < -0.39 is 0 Å². The van der Waals surface area contributed by atoms with Gasteiger partial charge in [0.25, 0.3) is 0 Å². The lowest BCUT2D eigenvalue weighted by Crippen LogP contribution is -2.22. The third kappa shape index (κ3) is 3.21. The van der Waals surface area contributed by atoms with Crippen LogP contribution in [0.5, 0.6) is 0 Å². The number of nitrogens with zero attached hydrogens (tertiary/aromatic N) is 1. The van der Waals surface area contributed by atoms with Crippen molar-refractivity contribution in [3.8, 4) is 0 Å². The third-order valence-corrected chi connectivity index (χ3v) is 4.38. The van der Waals surface area contributed by atoms with Crippen molar-refractivity contribution in [1.82, 2.24) is 4.90 Å². The van der Waals surface area contributed by atoms with E-state index in [0.29, 0.717) is 0 Å². The van der Waals surface area contributed by atoms with E-state index in [-0.39, 0.29) is 0 Å². The average Bonchev–Trinajstić information content (AvgIpc) is 2.67. The van der Waals surface area contributed by atoms with Crippen molar-refractivity contribution in [1.29, 1.82) is 0 Å². The summed E-state index contributed by atoms with van der Waals surface area (Å²) in [5.41, 5.74) is 0. The molecule has 88 valence electrons. The molecule has 2 aliphatic rings. The first-order valence-corrected chi connectivity index (χ1v) is 7.12. The first-order chi connectivity index (χ1) is 7.40. The summed E-state index contributed by atoms with van der Waals surface area (Å²) < 4.78 is 0. The van der Waals surface area contributed by atoms with Gasteiger partial charge in [0, 0.05) is 13.1 Å². The second-order valence-corrected chi connectivity index (χ2v) is 5.62. The van der Waals surface area contributed by atoms with Crippen LogP contribution in [-0.2, 0) is 0 Å². The van der Waals surface area contributed by atoms with Gasteiger partial charge in [0.05, 0.1) is 0 Å². The molecule has 1 heterocycles. The maximum Gasteiger partial charge on any atom is 0.00129 e. The lowest BCUT2D eigenvalue weighted by molar-refractivity contribution is 0.299. The highest BCUT2D eigenvalue weighted by Crippen LogP contribution is 2.35. The highest BCUT2D eigenvalue weighted by Gasteiger charge is 2.33. The summed E-state index contributed by atoms with van der Waals surface area (Å²) in [6.45, 7) is 6.53. The van der Waals surface area contributed by atoms with Gasteiger partial charge in [-0.05, 0) is 37.6 Å². The van der Waals surface area contributed by atoms with Crippen LogP contribution < -0.4 is 0 Å². The number of likely N-dealkylation sites (tertiary alicyclic amines) is 1. The minimum atomic E-state index is 1.07. The number of hydrogen-bond donors (Lipinski definition) is 0. The molecule has 0 aromatic carbocycles. The first-order valence-electron chi connectivity index (χ1n) is 7.12. The second kappa shape index (κ2) is 5.89. The fraction of sp³-hybridized carbons (Fsp3) is 1.00. The maximum atomic E-state index is 2.75. The maximum absolute atomic E-state index is 2.75. The molecular formula is C14H27N. The predicted molar refractivity (Wildman–Crippen MR) is 66.0 cm³/mol. The van der Waals surface area contributed by atoms with Crippen molar-refractivity contribution < 1.29 is 0 Å². The van der Waals surface area contributed by atoms with Gasteiger partial charge < -0.3 is 4.90 Å². The molecule has 1 saturated heterocycles. The highest BCUT2D eigenvalue weighted by atomic mass is 15.1. The van der Waals surface area contributed by atoms with E-state index in [9.17, 15) is 0 Å². The Hall–Kier alpha value is -0.0400. The van der Waals surface area contributed by atoms with E-state index in [0.717, 1.165) is 11.8 Å². The average molecular weight is 209 g/mol. The Morgan fingerprint density at radius 3 is 2.20 bits per heavy atom. The summed E-state index contributed by atoms with van der Waals surface area (Å²) >= 11 is 0. The van der Waals surface area contributed by atoms with Crippen molar-refractivity contribution in [2.75, 3.05) is 19.6 Å². The Labute approximate surface area is 95.2 Å². The molecule has 0 radical (unpaired) electrons. The fourth-order valence-corrected chi connectivity index (χ4v) is 3.45. The molecule has 0 aromatic heterocycles. The summed E-state index contributed by atoms with van der Waals surface area (Å²) in [5, 5.41) is 0. The largest absolute Gasteiger partial charge is 0.303 e. The van der Waals surface area contributed by atoms with Gasteiger partial charge in [-0.1, -0.05) is 39.0 Å². The van der Waals surface area contributed by atoms with Crippen LogP contribution >= 0.6 is 0 Å². The minimum Gasteiger partial charge on any atom is -0.303 e. The topological polar surface area (TPSA) is 3.24 Å².